The first kappa shape index (κ1) is 69.2. The van der Waals surface area contributed by atoms with Crippen LogP contribution in [0.1, 0.15) is 0 Å². The smallest absolute Gasteiger partial charge is 2.00 e. The van der Waals surface area contributed by atoms with Crippen LogP contribution in [0.2, 0.25) is 0 Å². The van der Waals surface area contributed by atoms with Crippen molar-refractivity contribution in [3.8, 4) is 0 Å². The molecule has 0 aliphatic heterocycles. The molecule has 0 heterocycles. The Kier molecular flexibility index (Phi) is 439. The molecule has 0 aromatic rings. The molecular weight excluding hydrogens is 888 g/mol. The van der Waals surface area contributed by atoms with E-state index in [4.69, 9.17) is 0 Å². The third-order valence-corrected chi connectivity index (χ3v) is 0. The van der Waals surface area contributed by atoms with Crippen LogP contribution in [0.15, 0.2) is 0 Å². The van der Waals surface area contributed by atoms with Crippen molar-refractivity contribution in [1.82, 2.24) is 0 Å². The van der Waals surface area contributed by atoms with Crippen molar-refractivity contribution in [2.24, 2.45) is 0 Å². The summed E-state index contributed by atoms with van der Waals surface area (Å²) in [6, 6.07) is 0. The van der Waals surface area contributed by atoms with Gasteiger partial charge in [0.15, 0.2) is 0 Å². The molecule has 0 unspecified atom stereocenters. The molecular formula is Ce2La2O3Pr2. The van der Waals surface area contributed by atoms with Crippen LogP contribution in [0.4, 0.5) is 0 Å². The van der Waals surface area contributed by atoms with Crippen LogP contribution in [0.3, 0.4) is 0 Å². The molecule has 0 aromatic carbocycles. The minimum Gasteiger partial charge on any atom is -2.00 e. The second-order valence-corrected chi connectivity index (χ2v) is 0. The van der Waals surface area contributed by atoms with Crippen LogP contribution in [-0.4, -0.2) is 0 Å². The summed E-state index contributed by atoms with van der Waals surface area (Å²) in [7, 11) is 0. The molecule has 0 aliphatic carbocycles. The van der Waals surface area contributed by atoms with Crippen molar-refractivity contribution in [2.45, 2.75) is 0 Å². The summed E-state index contributed by atoms with van der Waals surface area (Å²) in [6.45, 7) is 0. The number of rotatable bonds is 0. The monoisotopic (exact) mass is 887 g/mol. The maximum absolute atomic E-state index is 0. The molecule has 0 saturated carbocycles. The summed E-state index contributed by atoms with van der Waals surface area (Å²) in [5.41, 5.74) is 0. The third kappa shape index (κ3) is 49.6. The second kappa shape index (κ2) is 57.1. The molecule has 0 aliphatic rings. The number of hydrogen-bond acceptors (Lipinski definition) is 0. The third-order valence-electron chi connectivity index (χ3n) is 0. The van der Waals surface area contributed by atoms with Gasteiger partial charge in [-0.05, 0) is 0 Å². The largest absolute Gasteiger partial charge is 3.00 e. The SMILES string of the molecule is [Ce].[Ce].[La].[La].[O-2].[O-2].[O-2].[Pr+3].[Pr+3]. The zero-order valence-electron chi connectivity index (χ0n) is 4.53. The average Bonchev–Trinajstić information content (AvgIpc) is 0. The van der Waals surface area contributed by atoms with Crippen molar-refractivity contribution < 1.29 is 254 Å². The first-order valence-electron chi connectivity index (χ1n) is 0. The van der Waals surface area contributed by atoms with Gasteiger partial charge in [-0.1, -0.05) is 0 Å². The zero-order valence-corrected chi connectivity index (χ0v) is 25.5. The van der Waals surface area contributed by atoms with Crippen molar-refractivity contribution in [3.63, 3.8) is 0 Å². The summed E-state index contributed by atoms with van der Waals surface area (Å²) in [5, 5.41) is 0. The molecule has 2 radical (unpaired) electrons. The van der Waals surface area contributed by atoms with Gasteiger partial charge in [0.1, 0.15) is 0 Å². The number of hydrogen-bond donors (Lipinski definition) is 0. The quantitative estimate of drug-likeness (QED) is 0.319. The second-order valence-electron chi connectivity index (χ2n) is 0. The molecule has 9 heavy (non-hydrogen) atoms. The van der Waals surface area contributed by atoms with Gasteiger partial charge in [0.25, 0.3) is 0 Å². The molecule has 0 atom stereocenters. The average molecular weight is 888 g/mol. The fourth-order valence-corrected chi connectivity index (χ4v) is 0. The van der Waals surface area contributed by atoms with E-state index in [0.29, 0.717) is 0 Å². The molecule has 0 bridgehead atoms. The van der Waals surface area contributed by atoms with E-state index < -0.39 is 0 Å². The Morgan fingerprint density at radius 2 is 0.444 bits per heavy atom. The first-order valence-corrected chi connectivity index (χ1v) is 0. The van der Waals surface area contributed by atoms with E-state index in [9.17, 15) is 0 Å². The van der Waals surface area contributed by atoms with E-state index in [0.717, 1.165) is 0 Å². The van der Waals surface area contributed by atoms with E-state index in [1.165, 1.54) is 0 Å². The maximum Gasteiger partial charge on any atom is 3.00 e. The zero-order chi connectivity index (χ0) is 0. The molecule has 38 valence electrons. The van der Waals surface area contributed by atoms with Crippen molar-refractivity contribution >= 4 is 0 Å². The van der Waals surface area contributed by atoms with Gasteiger partial charge in [-0.3, -0.25) is 0 Å². The maximum atomic E-state index is 0. The van der Waals surface area contributed by atoms with Crippen LogP contribution >= 0.6 is 0 Å². The van der Waals surface area contributed by atoms with E-state index in [1.807, 2.05) is 0 Å². The van der Waals surface area contributed by atoms with Crippen LogP contribution in [-0.2, 0) is 16.4 Å². The normalized spacial score (nSPS) is 0. The van der Waals surface area contributed by atoms with Gasteiger partial charge < -0.3 is 16.4 Å². The van der Waals surface area contributed by atoms with E-state index in [-0.39, 0.29) is 254 Å². The Labute approximate surface area is 245 Å². The van der Waals surface area contributed by atoms with E-state index in [1.54, 1.807) is 0 Å². The molecule has 0 amide bonds. The fraction of sp³-hybridized carbons (Fsp3) is 0. The molecule has 9 heteroatoms. The van der Waals surface area contributed by atoms with Gasteiger partial charge in [0, 0.05) is 155 Å². The first-order chi connectivity index (χ1) is 0. The Hall–Kier alpha value is 7.75. The van der Waals surface area contributed by atoms with Crippen LogP contribution in [0, 0.1) is 237 Å². The standard InChI is InChI=1S/2Ce.2La.3O.2Pr/q;;;;3*-2;2*+3. The Bertz CT molecular complexity index is 17.8. The molecule has 0 N–H and O–H groups in total. The molecule has 3 nitrogen and oxygen atoms in total. The predicted octanol–water partition coefficient (Wildman–Crippen LogP) is -0.356. The van der Waals surface area contributed by atoms with Gasteiger partial charge in [-0.2, -0.15) is 0 Å². The summed E-state index contributed by atoms with van der Waals surface area (Å²) in [6.07, 6.45) is 0. The van der Waals surface area contributed by atoms with Gasteiger partial charge in [0.05, 0.1) is 0 Å². The van der Waals surface area contributed by atoms with Gasteiger partial charge in [0.2, 0.25) is 0 Å². The van der Waals surface area contributed by atoms with Crippen molar-refractivity contribution in [3.05, 3.63) is 0 Å². The topological polar surface area (TPSA) is 85.5 Å². The summed E-state index contributed by atoms with van der Waals surface area (Å²) < 4.78 is 0. The predicted molar refractivity (Wildman–Crippen MR) is 2.06 cm³/mol. The summed E-state index contributed by atoms with van der Waals surface area (Å²) >= 11 is 0. The van der Waals surface area contributed by atoms with Gasteiger partial charge in [-0.15, -0.1) is 0 Å². The van der Waals surface area contributed by atoms with E-state index in [2.05, 4.69) is 0 Å². The van der Waals surface area contributed by atoms with E-state index >= 15 is 0 Å². The van der Waals surface area contributed by atoms with Crippen LogP contribution in [0.5, 0.6) is 0 Å². The van der Waals surface area contributed by atoms with Crippen LogP contribution < -0.4 is 0 Å². The Balaban J connectivity index is 0. The van der Waals surface area contributed by atoms with Crippen molar-refractivity contribution in [2.75, 3.05) is 0 Å². The van der Waals surface area contributed by atoms with Gasteiger partial charge >= 0.3 is 82.6 Å². The van der Waals surface area contributed by atoms with Gasteiger partial charge in [-0.25, -0.2) is 0 Å². The molecule has 0 saturated heterocycles. The molecule has 0 aromatic heterocycles. The Morgan fingerprint density at radius 3 is 0.444 bits per heavy atom. The minimum atomic E-state index is 0. The summed E-state index contributed by atoms with van der Waals surface area (Å²) in [4.78, 5) is 0. The minimum absolute atomic E-state index is 0. The molecule has 0 fully saturated rings. The molecule has 0 spiro atoms. The summed E-state index contributed by atoms with van der Waals surface area (Å²) in [5.74, 6) is 0. The Morgan fingerprint density at radius 1 is 0.444 bits per heavy atom. The van der Waals surface area contributed by atoms with Crippen molar-refractivity contribution in [1.29, 1.82) is 0 Å². The molecule has 0 rings (SSSR count). The fourth-order valence-electron chi connectivity index (χ4n) is 0. The van der Waals surface area contributed by atoms with Crippen LogP contribution in [0.25, 0.3) is 0 Å².